The molecule has 4 aromatic rings. The number of carbonyl (C=O) groups is 1. The quantitative estimate of drug-likeness (QED) is 0.589. The van der Waals surface area contributed by atoms with Crippen molar-refractivity contribution in [2.45, 2.75) is 0 Å². The molecule has 0 saturated heterocycles. The number of nitrogens with zero attached hydrogens (tertiary/aromatic N) is 4. The first-order valence-electron chi connectivity index (χ1n) is 7.39. The van der Waals surface area contributed by atoms with Crippen LogP contribution in [0.15, 0.2) is 55.1 Å². The van der Waals surface area contributed by atoms with Crippen LogP contribution in [0.5, 0.6) is 0 Å². The van der Waals surface area contributed by atoms with Crippen LogP contribution < -0.4 is 11.1 Å². The van der Waals surface area contributed by atoms with Crippen molar-refractivity contribution in [3.8, 4) is 11.4 Å². The summed E-state index contributed by atoms with van der Waals surface area (Å²) in [5, 5.41) is 3.67. The number of thiophene rings is 1. The zero-order valence-corrected chi connectivity index (χ0v) is 13.7. The van der Waals surface area contributed by atoms with E-state index in [0.717, 1.165) is 15.8 Å². The predicted molar refractivity (Wildman–Crippen MR) is 97.2 cm³/mol. The van der Waals surface area contributed by atoms with Gasteiger partial charge < -0.3 is 11.1 Å². The van der Waals surface area contributed by atoms with E-state index in [0.29, 0.717) is 16.4 Å². The van der Waals surface area contributed by atoms with E-state index >= 15 is 0 Å². The summed E-state index contributed by atoms with van der Waals surface area (Å²) in [6, 6.07) is 9.12. The summed E-state index contributed by atoms with van der Waals surface area (Å²) in [5.41, 5.74) is 7.14. The molecule has 0 radical (unpaired) electrons. The lowest BCUT2D eigenvalue weighted by Gasteiger charge is -2.07. The third-order valence-electron chi connectivity index (χ3n) is 3.52. The fourth-order valence-corrected chi connectivity index (χ4v) is 3.20. The van der Waals surface area contributed by atoms with E-state index in [-0.39, 0.29) is 11.7 Å². The van der Waals surface area contributed by atoms with Gasteiger partial charge in [0.25, 0.3) is 5.91 Å². The minimum absolute atomic E-state index is 0.203. The molecule has 4 heterocycles. The number of hydrogen-bond donors (Lipinski definition) is 2. The van der Waals surface area contributed by atoms with Gasteiger partial charge in [-0.05, 0) is 24.3 Å². The molecule has 1 amide bonds. The Morgan fingerprint density at radius 3 is 2.72 bits per heavy atom. The van der Waals surface area contributed by atoms with Gasteiger partial charge in [-0.15, -0.1) is 11.3 Å². The van der Waals surface area contributed by atoms with Crippen LogP contribution in [-0.2, 0) is 0 Å². The van der Waals surface area contributed by atoms with Gasteiger partial charge in [0.1, 0.15) is 10.5 Å². The normalized spacial score (nSPS) is 10.7. The minimum atomic E-state index is -0.269. The fraction of sp³-hybridized carbons (Fsp3) is 0. The molecule has 25 heavy (non-hydrogen) atoms. The van der Waals surface area contributed by atoms with Crippen molar-refractivity contribution in [1.29, 1.82) is 0 Å². The topological polar surface area (TPSA) is 107 Å². The second-order valence-electron chi connectivity index (χ2n) is 5.19. The number of anilines is 2. The van der Waals surface area contributed by atoms with Gasteiger partial charge in [-0.3, -0.25) is 9.78 Å². The summed E-state index contributed by atoms with van der Waals surface area (Å²) in [5.74, 6) is 0.410. The maximum atomic E-state index is 12.4. The molecule has 4 aromatic heterocycles. The Morgan fingerprint density at radius 2 is 1.96 bits per heavy atom. The predicted octanol–water partition coefficient (Wildman–Crippen LogP) is 2.98. The Balaban J connectivity index is 1.59. The van der Waals surface area contributed by atoms with Crippen molar-refractivity contribution < 1.29 is 4.79 Å². The van der Waals surface area contributed by atoms with Crippen molar-refractivity contribution >= 4 is 39.0 Å². The second-order valence-corrected chi connectivity index (χ2v) is 6.22. The fourth-order valence-electron chi connectivity index (χ4n) is 2.30. The van der Waals surface area contributed by atoms with Crippen molar-refractivity contribution in [3.05, 3.63) is 60.0 Å². The highest BCUT2D eigenvalue weighted by atomic mass is 32.1. The monoisotopic (exact) mass is 348 g/mol. The third kappa shape index (κ3) is 3.02. The molecule has 0 saturated carbocycles. The molecule has 122 valence electrons. The SMILES string of the molecule is Nc1nc(-c2ccncc2)ncc1NC(=O)c1cc2cccnc2s1. The van der Waals surface area contributed by atoms with Crippen LogP contribution in [-0.4, -0.2) is 25.8 Å². The van der Waals surface area contributed by atoms with Gasteiger partial charge in [-0.1, -0.05) is 6.07 Å². The molecule has 0 aromatic carbocycles. The maximum absolute atomic E-state index is 12.4. The molecule has 4 rings (SSSR count). The van der Waals surface area contributed by atoms with E-state index in [1.165, 1.54) is 17.5 Å². The average molecular weight is 348 g/mol. The molecule has 0 atom stereocenters. The molecule has 0 aliphatic heterocycles. The molecule has 0 fully saturated rings. The van der Waals surface area contributed by atoms with Crippen LogP contribution >= 0.6 is 11.3 Å². The number of hydrogen-bond acceptors (Lipinski definition) is 7. The van der Waals surface area contributed by atoms with Crippen LogP contribution in [0.3, 0.4) is 0 Å². The Morgan fingerprint density at radius 1 is 1.12 bits per heavy atom. The highest BCUT2D eigenvalue weighted by Gasteiger charge is 2.14. The average Bonchev–Trinajstić information content (AvgIpc) is 3.08. The zero-order chi connectivity index (χ0) is 17.2. The van der Waals surface area contributed by atoms with Gasteiger partial charge in [-0.25, -0.2) is 15.0 Å². The smallest absolute Gasteiger partial charge is 0.265 e. The molecule has 0 bridgehead atoms. The van der Waals surface area contributed by atoms with Crippen molar-refractivity contribution in [1.82, 2.24) is 19.9 Å². The largest absolute Gasteiger partial charge is 0.382 e. The third-order valence-corrected chi connectivity index (χ3v) is 4.58. The lowest BCUT2D eigenvalue weighted by Crippen LogP contribution is -2.13. The summed E-state index contributed by atoms with van der Waals surface area (Å²) in [6.07, 6.45) is 6.51. The number of nitrogens with two attached hydrogens (primary N) is 1. The first-order valence-corrected chi connectivity index (χ1v) is 8.21. The van der Waals surface area contributed by atoms with Gasteiger partial charge in [0.2, 0.25) is 0 Å². The van der Waals surface area contributed by atoms with Gasteiger partial charge in [-0.2, -0.15) is 0 Å². The number of pyridine rings is 2. The van der Waals surface area contributed by atoms with E-state index < -0.39 is 0 Å². The van der Waals surface area contributed by atoms with Crippen LogP contribution in [0, 0.1) is 0 Å². The number of amides is 1. The molecule has 0 aliphatic rings. The summed E-state index contributed by atoms with van der Waals surface area (Å²) in [6.45, 7) is 0. The minimum Gasteiger partial charge on any atom is -0.382 e. The second kappa shape index (κ2) is 6.25. The molecule has 8 heteroatoms. The number of aromatic nitrogens is 4. The summed E-state index contributed by atoms with van der Waals surface area (Å²) in [7, 11) is 0. The van der Waals surface area contributed by atoms with Gasteiger partial charge >= 0.3 is 0 Å². The van der Waals surface area contributed by atoms with Crippen LogP contribution in [0.25, 0.3) is 21.6 Å². The molecule has 0 spiro atoms. The van der Waals surface area contributed by atoms with Crippen LogP contribution in [0.4, 0.5) is 11.5 Å². The van der Waals surface area contributed by atoms with E-state index in [9.17, 15) is 4.79 Å². The number of rotatable bonds is 3. The molecule has 3 N–H and O–H groups in total. The molecular formula is C17H12N6OS. The van der Waals surface area contributed by atoms with E-state index in [4.69, 9.17) is 5.73 Å². The van der Waals surface area contributed by atoms with Gasteiger partial charge in [0.05, 0.1) is 11.1 Å². The lowest BCUT2D eigenvalue weighted by molar-refractivity contribution is 0.103. The highest BCUT2D eigenvalue weighted by molar-refractivity contribution is 7.20. The number of carbonyl (C=O) groups excluding carboxylic acids is 1. The first kappa shape index (κ1) is 15.2. The van der Waals surface area contributed by atoms with E-state index in [1.807, 2.05) is 12.1 Å². The van der Waals surface area contributed by atoms with E-state index in [2.05, 4.69) is 25.3 Å². The Kier molecular flexibility index (Phi) is 3.79. The standard InChI is InChI=1S/C17H12N6OS/c18-14-12(9-21-15(23-14)10-3-6-19-7-4-10)22-16(24)13-8-11-2-1-5-20-17(11)25-13/h1-9H,(H,22,24)(H2,18,21,23). The summed E-state index contributed by atoms with van der Waals surface area (Å²) < 4.78 is 0. The van der Waals surface area contributed by atoms with Crippen molar-refractivity contribution in [3.63, 3.8) is 0 Å². The van der Waals surface area contributed by atoms with Crippen LogP contribution in [0.2, 0.25) is 0 Å². The first-order chi connectivity index (χ1) is 12.2. The molecular weight excluding hydrogens is 336 g/mol. The number of nitrogen functional groups attached to an aromatic ring is 1. The zero-order valence-electron chi connectivity index (χ0n) is 12.9. The Labute approximate surface area is 146 Å². The summed E-state index contributed by atoms with van der Waals surface area (Å²) >= 11 is 1.32. The number of nitrogens with one attached hydrogen (secondary N) is 1. The lowest BCUT2D eigenvalue weighted by atomic mass is 10.2. The Hall–Kier alpha value is -3.39. The molecule has 0 unspecified atom stereocenters. The molecule has 0 aliphatic carbocycles. The van der Waals surface area contributed by atoms with Crippen molar-refractivity contribution in [2.75, 3.05) is 11.1 Å². The van der Waals surface area contributed by atoms with Crippen molar-refractivity contribution in [2.24, 2.45) is 0 Å². The Bertz CT molecular complexity index is 1030. The molecule has 7 nitrogen and oxygen atoms in total. The highest BCUT2D eigenvalue weighted by Crippen LogP contribution is 2.25. The maximum Gasteiger partial charge on any atom is 0.265 e. The van der Waals surface area contributed by atoms with Gasteiger partial charge in [0, 0.05) is 29.5 Å². The summed E-state index contributed by atoms with van der Waals surface area (Å²) in [4.78, 5) is 30.5. The number of fused-ring (bicyclic) bond motifs is 1. The van der Waals surface area contributed by atoms with E-state index in [1.54, 1.807) is 36.8 Å². The van der Waals surface area contributed by atoms with Gasteiger partial charge in [0.15, 0.2) is 11.6 Å². The van der Waals surface area contributed by atoms with Crippen LogP contribution in [0.1, 0.15) is 9.67 Å².